The molecule has 19 heavy (non-hydrogen) atoms. The molecule has 2 aromatic rings. The van der Waals surface area contributed by atoms with Crippen LogP contribution in [-0.2, 0) is 0 Å². The third-order valence-electron chi connectivity index (χ3n) is 3.34. The van der Waals surface area contributed by atoms with Crippen LogP contribution in [0.25, 0.3) is 11.0 Å². The number of hydrogen-bond acceptors (Lipinski definition) is 3. The van der Waals surface area contributed by atoms with Crippen LogP contribution in [0, 0.1) is 6.92 Å². The summed E-state index contributed by atoms with van der Waals surface area (Å²) in [6.45, 7) is 2.89. The monoisotopic (exact) mass is 260 g/mol. The number of aliphatic hydroxyl groups excluding tert-OH is 1. The van der Waals surface area contributed by atoms with E-state index in [9.17, 15) is 9.90 Å². The molecule has 5 nitrogen and oxygen atoms in total. The van der Waals surface area contributed by atoms with Crippen LogP contribution in [0.3, 0.4) is 0 Å². The number of rotatable bonds is 1. The number of aliphatic hydroxyl groups is 1. The maximum Gasteiger partial charge on any atom is 0.321 e. The molecule has 0 unspecified atom stereocenters. The van der Waals surface area contributed by atoms with Crippen LogP contribution in [0.1, 0.15) is 12.2 Å². The lowest BCUT2D eigenvalue weighted by molar-refractivity contribution is 0.176. The van der Waals surface area contributed by atoms with Gasteiger partial charge in [-0.15, -0.1) is 0 Å². The average molecular weight is 260 g/mol. The Morgan fingerprint density at radius 1 is 1.47 bits per heavy atom. The molecule has 1 atom stereocenters. The zero-order chi connectivity index (χ0) is 13.4. The van der Waals surface area contributed by atoms with Crippen LogP contribution in [0.15, 0.2) is 28.7 Å². The molecular formula is C14H16N2O3. The molecule has 0 bridgehead atoms. The van der Waals surface area contributed by atoms with Crippen molar-refractivity contribution in [2.45, 2.75) is 19.4 Å². The summed E-state index contributed by atoms with van der Waals surface area (Å²) < 4.78 is 5.49. The van der Waals surface area contributed by atoms with Crippen molar-refractivity contribution in [2.24, 2.45) is 0 Å². The first-order chi connectivity index (χ1) is 9.11. The Labute approximate surface area is 110 Å². The highest BCUT2D eigenvalue weighted by atomic mass is 16.3. The maximum atomic E-state index is 12.0. The molecule has 3 rings (SSSR count). The van der Waals surface area contributed by atoms with Crippen molar-refractivity contribution in [2.75, 3.05) is 18.4 Å². The third kappa shape index (κ3) is 2.42. The zero-order valence-corrected chi connectivity index (χ0v) is 10.7. The predicted molar refractivity (Wildman–Crippen MR) is 72.2 cm³/mol. The lowest BCUT2D eigenvalue weighted by Crippen LogP contribution is -2.33. The van der Waals surface area contributed by atoms with Crippen molar-refractivity contribution in [3.63, 3.8) is 0 Å². The molecule has 1 aliphatic rings. The Kier molecular flexibility index (Phi) is 2.91. The van der Waals surface area contributed by atoms with E-state index in [1.54, 1.807) is 4.90 Å². The van der Waals surface area contributed by atoms with E-state index in [-0.39, 0.29) is 6.03 Å². The molecule has 100 valence electrons. The summed E-state index contributed by atoms with van der Waals surface area (Å²) in [5.74, 6) is 0.848. The molecule has 0 saturated carbocycles. The van der Waals surface area contributed by atoms with Gasteiger partial charge in [0, 0.05) is 24.2 Å². The number of fused-ring (bicyclic) bond motifs is 1. The minimum absolute atomic E-state index is 0.170. The van der Waals surface area contributed by atoms with Crippen molar-refractivity contribution in [1.29, 1.82) is 0 Å². The molecule has 1 aromatic carbocycles. The number of nitrogens with one attached hydrogen (secondary N) is 1. The number of β-amino-alcohol motifs (C(OH)–C–C–N with tert-alkyl or cyclic N) is 1. The quantitative estimate of drug-likeness (QED) is 0.827. The first-order valence-corrected chi connectivity index (χ1v) is 6.36. The topological polar surface area (TPSA) is 65.7 Å². The first kappa shape index (κ1) is 12.0. The second kappa shape index (κ2) is 4.59. The Morgan fingerprint density at radius 2 is 2.32 bits per heavy atom. The maximum absolute atomic E-state index is 12.0. The van der Waals surface area contributed by atoms with E-state index < -0.39 is 6.10 Å². The molecule has 0 spiro atoms. The number of nitrogens with zero attached hydrogens (tertiary/aromatic N) is 1. The Hall–Kier alpha value is -2.01. The standard InChI is InChI=1S/C14H16N2O3/c1-9-6-10-7-11(2-3-13(10)19-9)15-14(18)16-5-4-12(17)8-16/h2-3,6-7,12,17H,4-5,8H2,1H3,(H,15,18)/t12-/m1/s1. The van der Waals surface area contributed by atoms with E-state index in [0.717, 1.165) is 22.4 Å². The summed E-state index contributed by atoms with van der Waals surface area (Å²) in [4.78, 5) is 13.6. The van der Waals surface area contributed by atoms with Crippen molar-refractivity contribution in [3.05, 3.63) is 30.0 Å². The molecule has 2 heterocycles. The second-order valence-corrected chi connectivity index (χ2v) is 4.93. The van der Waals surface area contributed by atoms with Crippen molar-refractivity contribution in [1.82, 2.24) is 4.90 Å². The molecule has 1 saturated heterocycles. The summed E-state index contributed by atoms with van der Waals surface area (Å²) in [7, 11) is 0. The molecule has 1 aromatic heterocycles. The smallest absolute Gasteiger partial charge is 0.321 e. The molecule has 0 aliphatic carbocycles. The molecule has 2 N–H and O–H groups in total. The number of aryl methyl sites for hydroxylation is 1. The second-order valence-electron chi connectivity index (χ2n) is 4.93. The minimum atomic E-state index is -0.398. The van der Waals surface area contributed by atoms with E-state index >= 15 is 0 Å². The Bertz CT molecular complexity index is 620. The highest BCUT2D eigenvalue weighted by Gasteiger charge is 2.24. The van der Waals surface area contributed by atoms with Gasteiger partial charge in [-0.3, -0.25) is 0 Å². The van der Waals surface area contributed by atoms with E-state index in [4.69, 9.17) is 4.42 Å². The van der Waals surface area contributed by atoms with Crippen molar-refractivity contribution in [3.8, 4) is 0 Å². The van der Waals surface area contributed by atoms with Crippen molar-refractivity contribution < 1.29 is 14.3 Å². The van der Waals surface area contributed by atoms with Crippen LogP contribution >= 0.6 is 0 Å². The van der Waals surface area contributed by atoms with E-state index in [0.29, 0.717) is 19.5 Å². The predicted octanol–water partition coefficient (Wildman–Crippen LogP) is 2.34. The number of furan rings is 1. The number of benzene rings is 1. The molecule has 0 radical (unpaired) electrons. The largest absolute Gasteiger partial charge is 0.461 e. The molecule has 5 heteroatoms. The fourth-order valence-electron chi connectivity index (χ4n) is 2.38. The van der Waals surface area contributed by atoms with Crippen molar-refractivity contribution >= 4 is 22.7 Å². The van der Waals surface area contributed by atoms with E-state index in [1.807, 2.05) is 31.2 Å². The molecule has 1 aliphatic heterocycles. The molecule has 1 fully saturated rings. The summed E-state index contributed by atoms with van der Waals surface area (Å²) in [5, 5.41) is 13.2. The number of carbonyl (C=O) groups excluding carboxylic acids is 1. The minimum Gasteiger partial charge on any atom is -0.461 e. The zero-order valence-electron chi connectivity index (χ0n) is 10.7. The van der Waals surface area contributed by atoms with Crippen LogP contribution in [0.5, 0.6) is 0 Å². The van der Waals surface area contributed by atoms with Gasteiger partial charge in [-0.25, -0.2) is 4.79 Å². The van der Waals surface area contributed by atoms with Crippen LogP contribution in [0.2, 0.25) is 0 Å². The van der Waals surface area contributed by atoms with Crippen LogP contribution < -0.4 is 5.32 Å². The van der Waals surface area contributed by atoms with Crippen LogP contribution in [0.4, 0.5) is 10.5 Å². The summed E-state index contributed by atoms with van der Waals surface area (Å²) >= 11 is 0. The van der Waals surface area contributed by atoms with Gasteiger partial charge in [-0.05, 0) is 37.6 Å². The van der Waals surface area contributed by atoms with Gasteiger partial charge in [-0.2, -0.15) is 0 Å². The summed E-state index contributed by atoms with van der Waals surface area (Å²) in [5.41, 5.74) is 1.55. The van der Waals surface area contributed by atoms with Gasteiger partial charge < -0.3 is 19.7 Å². The average Bonchev–Trinajstić information content (AvgIpc) is 2.93. The van der Waals surface area contributed by atoms with Gasteiger partial charge in [0.25, 0.3) is 0 Å². The third-order valence-corrected chi connectivity index (χ3v) is 3.34. The van der Waals surface area contributed by atoms with Gasteiger partial charge in [0.2, 0.25) is 0 Å². The summed E-state index contributed by atoms with van der Waals surface area (Å²) in [6, 6.07) is 7.31. The number of carbonyl (C=O) groups is 1. The Morgan fingerprint density at radius 3 is 3.05 bits per heavy atom. The highest BCUT2D eigenvalue weighted by molar-refractivity contribution is 5.92. The number of hydrogen-bond donors (Lipinski definition) is 2. The number of amides is 2. The normalized spacial score (nSPS) is 19.1. The van der Waals surface area contributed by atoms with Gasteiger partial charge in [0.05, 0.1) is 6.10 Å². The Balaban J connectivity index is 1.75. The lowest BCUT2D eigenvalue weighted by Gasteiger charge is -2.16. The van der Waals surface area contributed by atoms with Gasteiger partial charge in [0.1, 0.15) is 11.3 Å². The van der Waals surface area contributed by atoms with Gasteiger partial charge in [0.15, 0.2) is 0 Å². The highest BCUT2D eigenvalue weighted by Crippen LogP contribution is 2.23. The van der Waals surface area contributed by atoms with Crippen LogP contribution in [-0.4, -0.2) is 35.2 Å². The molecular weight excluding hydrogens is 244 g/mol. The van der Waals surface area contributed by atoms with E-state index in [1.165, 1.54) is 0 Å². The number of urea groups is 1. The van der Waals surface area contributed by atoms with Gasteiger partial charge in [-0.1, -0.05) is 0 Å². The fourth-order valence-corrected chi connectivity index (χ4v) is 2.38. The summed E-state index contributed by atoms with van der Waals surface area (Å²) in [6.07, 6.45) is 0.248. The number of anilines is 1. The molecule has 2 amide bonds. The first-order valence-electron chi connectivity index (χ1n) is 6.36. The number of likely N-dealkylation sites (tertiary alicyclic amines) is 1. The SMILES string of the molecule is Cc1cc2cc(NC(=O)N3CC[C@@H](O)C3)ccc2o1. The fraction of sp³-hybridized carbons (Fsp3) is 0.357. The van der Waals surface area contributed by atoms with Gasteiger partial charge >= 0.3 is 6.03 Å². The van der Waals surface area contributed by atoms with E-state index in [2.05, 4.69) is 5.32 Å². The lowest BCUT2D eigenvalue weighted by atomic mass is 10.2.